The van der Waals surface area contributed by atoms with E-state index in [1.54, 1.807) is 16.9 Å². The summed E-state index contributed by atoms with van der Waals surface area (Å²) in [5.74, 6) is 0.176. The van der Waals surface area contributed by atoms with Crippen LogP contribution in [0.1, 0.15) is 49.6 Å². The van der Waals surface area contributed by atoms with E-state index in [9.17, 15) is 9.59 Å². The van der Waals surface area contributed by atoms with Gasteiger partial charge in [0.05, 0.1) is 6.04 Å². The molecule has 7 heteroatoms. The summed E-state index contributed by atoms with van der Waals surface area (Å²) in [5.41, 5.74) is 0.611. The number of hydrogen-bond donors (Lipinski definition) is 1. The van der Waals surface area contributed by atoms with Gasteiger partial charge in [0.1, 0.15) is 5.69 Å². The molecule has 2 aliphatic heterocycles. The van der Waals surface area contributed by atoms with E-state index in [0.29, 0.717) is 5.69 Å². The van der Waals surface area contributed by atoms with Crippen molar-refractivity contribution in [3.8, 4) is 0 Å². The molecule has 0 bridgehead atoms. The fraction of sp³-hybridized carbons (Fsp3) is 0.706. The molecule has 1 N–H and O–H groups in total. The van der Waals surface area contributed by atoms with Crippen molar-refractivity contribution in [2.45, 2.75) is 51.2 Å². The Morgan fingerprint density at radius 2 is 1.96 bits per heavy atom. The quantitative estimate of drug-likeness (QED) is 0.888. The van der Waals surface area contributed by atoms with Crippen molar-refractivity contribution in [1.29, 1.82) is 0 Å². The van der Waals surface area contributed by atoms with Crippen molar-refractivity contribution >= 4 is 11.8 Å². The summed E-state index contributed by atoms with van der Waals surface area (Å²) in [6.07, 6.45) is 4.35. The fourth-order valence-corrected chi connectivity index (χ4v) is 3.66. The van der Waals surface area contributed by atoms with Gasteiger partial charge in [-0.05, 0) is 39.2 Å². The van der Waals surface area contributed by atoms with Crippen LogP contribution in [0.15, 0.2) is 12.3 Å². The molecule has 0 aliphatic carbocycles. The maximum Gasteiger partial charge on any atom is 0.269 e. The number of aromatic nitrogens is 2. The number of amides is 2. The van der Waals surface area contributed by atoms with Crippen molar-refractivity contribution in [1.82, 2.24) is 24.9 Å². The van der Waals surface area contributed by atoms with Gasteiger partial charge in [0, 0.05) is 45.0 Å². The Bertz CT molecular complexity index is 604. The van der Waals surface area contributed by atoms with Gasteiger partial charge >= 0.3 is 0 Å². The van der Waals surface area contributed by atoms with Gasteiger partial charge in [0.25, 0.3) is 5.91 Å². The van der Waals surface area contributed by atoms with Crippen LogP contribution in [-0.2, 0) is 4.79 Å². The SMILES string of the molecule is CC(C)n1nccc1C(=O)NC1CCN(C2CCN(C)C2=O)CC1. The summed E-state index contributed by atoms with van der Waals surface area (Å²) in [6.45, 7) is 6.59. The molecule has 1 atom stereocenters. The molecule has 2 saturated heterocycles. The maximum atomic E-state index is 12.5. The van der Waals surface area contributed by atoms with Crippen LogP contribution >= 0.6 is 0 Å². The van der Waals surface area contributed by atoms with Gasteiger partial charge in [-0.2, -0.15) is 5.10 Å². The van der Waals surface area contributed by atoms with E-state index in [0.717, 1.165) is 38.9 Å². The first kappa shape index (κ1) is 17.0. The van der Waals surface area contributed by atoms with Crippen LogP contribution in [0.3, 0.4) is 0 Å². The average molecular weight is 333 g/mol. The normalized spacial score (nSPS) is 23.2. The van der Waals surface area contributed by atoms with Crippen molar-refractivity contribution in [2.75, 3.05) is 26.7 Å². The molecule has 3 rings (SSSR count). The number of hydrogen-bond acceptors (Lipinski definition) is 4. The van der Waals surface area contributed by atoms with Gasteiger partial charge in [0.2, 0.25) is 5.91 Å². The molecule has 1 aromatic heterocycles. The van der Waals surface area contributed by atoms with Gasteiger partial charge in [0.15, 0.2) is 0 Å². The lowest BCUT2D eigenvalue weighted by molar-refractivity contribution is -0.131. The van der Waals surface area contributed by atoms with Crippen LogP contribution in [-0.4, -0.2) is 70.2 Å². The smallest absolute Gasteiger partial charge is 0.269 e. The second-order valence-corrected chi connectivity index (χ2v) is 7.10. The summed E-state index contributed by atoms with van der Waals surface area (Å²) in [5, 5.41) is 7.34. The van der Waals surface area contributed by atoms with Gasteiger partial charge in [-0.1, -0.05) is 0 Å². The minimum Gasteiger partial charge on any atom is -0.348 e. The predicted molar refractivity (Wildman–Crippen MR) is 90.7 cm³/mol. The second-order valence-electron chi connectivity index (χ2n) is 7.10. The van der Waals surface area contributed by atoms with Crippen LogP contribution in [0, 0.1) is 0 Å². The molecule has 2 fully saturated rings. The zero-order valence-electron chi connectivity index (χ0n) is 14.7. The highest BCUT2D eigenvalue weighted by atomic mass is 16.2. The average Bonchev–Trinajstić information content (AvgIpc) is 3.17. The molecule has 7 nitrogen and oxygen atoms in total. The Kier molecular flexibility index (Phi) is 4.89. The molecule has 0 radical (unpaired) electrons. The number of likely N-dealkylation sites (tertiary alicyclic amines) is 2. The molecular formula is C17H27N5O2. The third-order valence-corrected chi connectivity index (χ3v) is 5.10. The van der Waals surface area contributed by atoms with Crippen molar-refractivity contribution in [2.24, 2.45) is 0 Å². The molecule has 2 aliphatic rings. The fourth-order valence-electron chi connectivity index (χ4n) is 3.66. The van der Waals surface area contributed by atoms with Crippen molar-refractivity contribution in [3.63, 3.8) is 0 Å². The Labute approximate surface area is 143 Å². The molecule has 3 heterocycles. The van der Waals surface area contributed by atoms with Crippen LogP contribution in [0.2, 0.25) is 0 Å². The Balaban J connectivity index is 1.53. The van der Waals surface area contributed by atoms with Gasteiger partial charge in [-0.25, -0.2) is 0 Å². The lowest BCUT2D eigenvalue weighted by atomic mass is 10.0. The number of carbonyl (C=O) groups is 2. The molecule has 24 heavy (non-hydrogen) atoms. The van der Waals surface area contributed by atoms with Gasteiger partial charge in [-0.3, -0.25) is 19.2 Å². The predicted octanol–water partition coefficient (Wildman–Crippen LogP) is 0.889. The summed E-state index contributed by atoms with van der Waals surface area (Å²) >= 11 is 0. The first-order valence-electron chi connectivity index (χ1n) is 8.80. The van der Waals surface area contributed by atoms with Crippen LogP contribution in [0.25, 0.3) is 0 Å². The third-order valence-electron chi connectivity index (χ3n) is 5.10. The second kappa shape index (κ2) is 6.93. The number of carbonyl (C=O) groups excluding carboxylic acids is 2. The third kappa shape index (κ3) is 3.31. The number of likely N-dealkylation sites (N-methyl/N-ethyl adjacent to an activating group) is 1. The topological polar surface area (TPSA) is 70.5 Å². The standard InChI is InChI=1S/C17H27N5O2/c1-12(2)22-14(4-8-18-22)16(23)19-13-5-10-21(11-6-13)15-7-9-20(3)17(15)24/h4,8,12-13,15H,5-7,9-11H2,1-3H3,(H,19,23). The summed E-state index contributed by atoms with van der Waals surface area (Å²) in [6, 6.07) is 2.12. The van der Waals surface area contributed by atoms with Crippen molar-refractivity contribution < 1.29 is 9.59 Å². The molecule has 2 amide bonds. The molecule has 0 aromatic carbocycles. The maximum absolute atomic E-state index is 12.5. The van der Waals surface area contributed by atoms with Crippen LogP contribution in [0.5, 0.6) is 0 Å². The molecule has 1 aromatic rings. The monoisotopic (exact) mass is 333 g/mol. The summed E-state index contributed by atoms with van der Waals surface area (Å²) in [7, 11) is 1.87. The number of nitrogens with one attached hydrogen (secondary N) is 1. The molecule has 132 valence electrons. The van der Waals surface area contributed by atoms with E-state index in [-0.39, 0.29) is 29.9 Å². The highest BCUT2D eigenvalue weighted by Gasteiger charge is 2.36. The largest absolute Gasteiger partial charge is 0.348 e. The Hall–Kier alpha value is -1.89. The van der Waals surface area contributed by atoms with Crippen LogP contribution < -0.4 is 5.32 Å². The minimum atomic E-state index is -0.0590. The summed E-state index contributed by atoms with van der Waals surface area (Å²) in [4.78, 5) is 28.7. The Morgan fingerprint density at radius 3 is 2.54 bits per heavy atom. The number of piperidine rings is 1. The van der Waals surface area contributed by atoms with E-state index in [1.165, 1.54) is 0 Å². The molecule has 1 unspecified atom stereocenters. The minimum absolute atomic E-state index is 0.0361. The zero-order valence-corrected chi connectivity index (χ0v) is 14.7. The van der Waals surface area contributed by atoms with E-state index < -0.39 is 0 Å². The first-order chi connectivity index (χ1) is 11.5. The van der Waals surface area contributed by atoms with Crippen LogP contribution in [0.4, 0.5) is 0 Å². The van der Waals surface area contributed by atoms with E-state index in [1.807, 2.05) is 25.8 Å². The number of rotatable bonds is 4. The molecule has 0 saturated carbocycles. The lowest BCUT2D eigenvalue weighted by Gasteiger charge is -2.35. The first-order valence-corrected chi connectivity index (χ1v) is 8.80. The van der Waals surface area contributed by atoms with E-state index in [2.05, 4.69) is 15.3 Å². The zero-order chi connectivity index (χ0) is 17.3. The number of nitrogens with zero attached hydrogens (tertiary/aromatic N) is 4. The van der Waals surface area contributed by atoms with E-state index in [4.69, 9.17) is 0 Å². The highest BCUT2D eigenvalue weighted by molar-refractivity contribution is 5.92. The Morgan fingerprint density at radius 1 is 1.25 bits per heavy atom. The molecular weight excluding hydrogens is 306 g/mol. The van der Waals surface area contributed by atoms with Gasteiger partial charge < -0.3 is 10.2 Å². The summed E-state index contributed by atoms with van der Waals surface area (Å²) < 4.78 is 1.75. The molecule has 0 spiro atoms. The lowest BCUT2D eigenvalue weighted by Crippen LogP contribution is -2.50. The van der Waals surface area contributed by atoms with Crippen molar-refractivity contribution in [3.05, 3.63) is 18.0 Å². The van der Waals surface area contributed by atoms with E-state index >= 15 is 0 Å². The van der Waals surface area contributed by atoms with Gasteiger partial charge in [-0.15, -0.1) is 0 Å². The highest BCUT2D eigenvalue weighted by Crippen LogP contribution is 2.21.